The number of nitrogens with zero attached hydrogens (tertiary/aromatic N) is 4. The maximum Gasteiger partial charge on any atom is 0.100 e. The maximum absolute atomic E-state index is 10.5. The number of benzene rings is 8. The van der Waals surface area contributed by atoms with Crippen LogP contribution in [-0.4, -0.2) is 0 Å². The molecule has 0 saturated heterocycles. The Morgan fingerprint density at radius 2 is 0.750 bits per heavy atom. The molecule has 2 aliphatic rings. The number of para-hydroxylation sites is 2. The van der Waals surface area contributed by atoms with E-state index in [1.54, 1.807) is 0 Å². The first-order chi connectivity index (χ1) is 31.7. The van der Waals surface area contributed by atoms with E-state index in [1.807, 2.05) is 36.4 Å². The summed E-state index contributed by atoms with van der Waals surface area (Å²) in [4.78, 5) is 4.75. The zero-order valence-corrected chi connectivity index (χ0v) is 35.9. The summed E-state index contributed by atoms with van der Waals surface area (Å²) >= 11 is 0. The lowest BCUT2D eigenvalue weighted by molar-refractivity contribution is 0.686. The molecule has 8 aromatic carbocycles. The lowest BCUT2D eigenvalue weighted by Gasteiger charge is -2.30. The van der Waals surface area contributed by atoms with Crippen LogP contribution >= 0.6 is 0 Å². The molecule has 0 aliphatic heterocycles. The second-order valence-electron chi connectivity index (χ2n) is 16.8. The lowest BCUT2D eigenvalue weighted by Crippen LogP contribution is -2.15. The van der Waals surface area contributed by atoms with Crippen molar-refractivity contribution in [2.24, 2.45) is 0 Å². The average molecular weight is 825 g/mol. The summed E-state index contributed by atoms with van der Waals surface area (Å²) in [6, 6.07) is 64.7. The van der Waals surface area contributed by atoms with Crippen molar-refractivity contribution >= 4 is 69.2 Å². The highest BCUT2D eigenvalue weighted by Crippen LogP contribution is 2.42. The molecular formula is C60H48N4. The summed E-state index contributed by atoms with van der Waals surface area (Å²) in [6.07, 6.45) is 17.5. The number of fused-ring (bicyclic) bond motifs is 3. The van der Waals surface area contributed by atoms with Crippen molar-refractivity contribution in [3.05, 3.63) is 225 Å². The number of anilines is 6. The first-order valence-electron chi connectivity index (χ1n) is 22.5. The second kappa shape index (κ2) is 18.2. The first-order valence-corrected chi connectivity index (χ1v) is 22.5. The van der Waals surface area contributed by atoms with Gasteiger partial charge in [-0.15, -0.1) is 0 Å². The molecule has 0 bridgehead atoms. The molecule has 64 heavy (non-hydrogen) atoms. The summed E-state index contributed by atoms with van der Waals surface area (Å²) in [7, 11) is 0. The minimum atomic E-state index is 0.555. The zero-order chi connectivity index (χ0) is 43.2. The summed E-state index contributed by atoms with van der Waals surface area (Å²) < 4.78 is 0. The van der Waals surface area contributed by atoms with Gasteiger partial charge in [-0.1, -0.05) is 133 Å². The predicted molar refractivity (Wildman–Crippen MR) is 267 cm³/mol. The normalized spacial score (nSPS) is 13.3. The molecule has 0 fully saturated rings. The Labute approximate surface area is 376 Å². The van der Waals surface area contributed by atoms with Crippen molar-refractivity contribution in [2.75, 3.05) is 9.80 Å². The third kappa shape index (κ3) is 7.99. The molecule has 0 heterocycles. The maximum atomic E-state index is 10.5. The van der Waals surface area contributed by atoms with E-state index in [4.69, 9.17) is 0 Å². The molecule has 0 unspecified atom stereocenters. The zero-order valence-electron chi connectivity index (χ0n) is 35.9. The van der Waals surface area contributed by atoms with Gasteiger partial charge in [0.2, 0.25) is 0 Å². The van der Waals surface area contributed by atoms with Crippen LogP contribution < -0.4 is 9.80 Å². The van der Waals surface area contributed by atoms with E-state index in [-0.39, 0.29) is 0 Å². The monoisotopic (exact) mass is 824 g/mol. The van der Waals surface area contributed by atoms with Crippen LogP contribution in [0.1, 0.15) is 81.3 Å². The number of aryl methyl sites for hydroxylation is 2. The Hall–Kier alpha value is -7.92. The molecule has 4 nitrogen and oxygen atoms in total. The van der Waals surface area contributed by atoms with E-state index in [0.29, 0.717) is 11.1 Å². The molecule has 0 aromatic heterocycles. The predicted octanol–water partition coefficient (Wildman–Crippen LogP) is 15.6. The highest BCUT2D eigenvalue weighted by molar-refractivity contribution is 5.98. The Bertz CT molecular complexity index is 2900. The van der Waals surface area contributed by atoms with Crippen LogP contribution in [0.5, 0.6) is 0 Å². The molecule has 0 atom stereocenters. The summed E-state index contributed by atoms with van der Waals surface area (Å²) in [6.45, 7) is 0. The minimum Gasteiger partial charge on any atom is -0.310 e. The van der Waals surface area contributed by atoms with E-state index in [0.717, 1.165) is 81.5 Å². The van der Waals surface area contributed by atoms with E-state index >= 15 is 0 Å². The minimum absolute atomic E-state index is 0.555. The van der Waals surface area contributed by atoms with Gasteiger partial charge in [0.05, 0.1) is 11.1 Å². The molecule has 4 heteroatoms. The number of hydrogen-bond donors (Lipinski definition) is 0. The summed E-state index contributed by atoms with van der Waals surface area (Å²) in [5.74, 6) is 0. The largest absolute Gasteiger partial charge is 0.310 e. The molecular weight excluding hydrogens is 777 g/mol. The fourth-order valence-corrected chi connectivity index (χ4v) is 9.76. The SMILES string of the molecule is N#Cc1c(/C=C\c2ccc(N(c3ccccc3)c3cccc4c3CCCC4)cc2)ccc2c(C#N)c(/C=C/c3ccc(N(c4ccccc4)c4cccc5c4CCCC5)cc3)ccc12. The Morgan fingerprint density at radius 3 is 1.16 bits per heavy atom. The number of rotatable bonds is 10. The average Bonchev–Trinajstić information content (AvgIpc) is 3.36. The van der Waals surface area contributed by atoms with Crippen molar-refractivity contribution in [2.45, 2.75) is 51.4 Å². The lowest BCUT2D eigenvalue weighted by atomic mass is 9.90. The molecule has 2 aliphatic carbocycles. The van der Waals surface area contributed by atoms with Gasteiger partial charge in [0.15, 0.2) is 0 Å². The van der Waals surface area contributed by atoms with Crippen LogP contribution in [0.25, 0.3) is 35.1 Å². The molecule has 0 spiro atoms. The molecule has 8 aromatic rings. The number of hydrogen-bond acceptors (Lipinski definition) is 4. The smallest absolute Gasteiger partial charge is 0.100 e. The molecule has 10 rings (SSSR count). The van der Waals surface area contributed by atoms with Crippen molar-refractivity contribution in [1.82, 2.24) is 0 Å². The molecule has 0 saturated carbocycles. The van der Waals surface area contributed by atoms with E-state index < -0.39 is 0 Å². The topological polar surface area (TPSA) is 54.1 Å². The summed E-state index contributed by atoms with van der Waals surface area (Å²) in [5.41, 5.74) is 17.6. The second-order valence-corrected chi connectivity index (χ2v) is 16.8. The fraction of sp³-hybridized carbons (Fsp3) is 0.133. The van der Waals surface area contributed by atoms with Gasteiger partial charge in [-0.25, -0.2) is 0 Å². The molecule has 0 amide bonds. The van der Waals surface area contributed by atoms with Crippen LogP contribution in [0.15, 0.2) is 170 Å². The van der Waals surface area contributed by atoms with E-state index in [2.05, 4.69) is 180 Å². The fourth-order valence-electron chi connectivity index (χ4n) is 9.76. The highest BCUT2D eigenvalue weighted by Gasteiger charge is 2.22. The van der Waals surface area contributed by atoms with Gasteiger partial charge >= 0.3 is 0 Å². The quantitative estimate of drug-likeness (QED) is 0.129. The van der Waals surface area contributed by atoms with E-state index in [9.17, 15) is 10.5 Å². The van der Waals surface area contributed by atoms with E-state index in [1.165, 1.54) is 59.3 Å². The Balaban J connectivity index is 0.902. The van der Waals surface area contributed by atoms with Crippen LogP contribution in [0, 0.1) is 22.7 Å². The first kappa shape index (κ1) is 40.2. The van der Waals surface area contributed by atoms with Crippen molar-refractivity contribution in [3.63, 3.8) is 0 Å². The van der Waals surface area contributed by atoms with Crippen molar-refractivity contribution < 1.29 is 0 Å². The van der Waals surface area contributed by atoms with Gasteiger partial charge in [0, 0.05) is 44.9 Å². The summed E-state index contributed by atoms with van der Waals surface area (Å²) in [5, 5.41) is 22.5. The standard InChI is InChI=1S/C60H48N4/c61-41-57-47(31-25-43-27-35-51(36-28-43)63(49-17-3-1-4-18-49)59-23-11-15-45-13-7-9-21-53(45)59)33-39-56-55(57)40-34-48(58(56)42-62)32-26-44-29-37-52(38-30-44)64(50-19-5-2-6-20-50)60-24-12-16-46-14-8-10-22-54(46)60/h1-6,11-12,15-20,23-40H,7-10,13-14,21-22H2/b31-25-,32-26+. The number of nitriles is 2. The van der Waals surface area contributed by atoms with Gasteiger partial charge in [0.25, 0.3) is 0 Å². The van der Waals surface area contributed by atoms with Crippen LogP contribution in [-0.2, 0) is 25.7 Å². The van der Waals surface area contributed by atoms with Crippen LogP contribution in [0.2, 0.25) is 0 Å². The third-order valence-electron chi connectivity index (χ3n) is 13.0. The van der Waals surface area contributed by atoms with Gasteiger partial charge in [-0.2, -0.15) is 10.5 Å². The molecule has 0 radical (unpaired) electrons. The third-order valence-corrected chi connectivity index (χ3v) is 13.0. The van der Waals surface area contributed by atoms with Crippen molar-refractivity contribution in [3.8, 4) is 12.1 Å². The molecule has 0 N–H and O–H groups in total. The van der Waals surface area contributed by atoms with Crippen LogP contribution in [0.3, 0.4) is 0 Å². The van der Waals surface area contributed by atoms with Gasteiger partial charge < -0.3 is 9.80 Å². The van der Waals surface area contributed by atoms with Gasteiger partial charge in [0.1, 0.15) is 12.1 Å². The van der Waals surface area contributed by atoms with Gasteiger partial charge in [-0.05, 0) is 157 Å². The van der Waals surface area contributed by atoms with Gasteiger partial charge in [-0.3, -0.25) is 0 Å². The Morgan fingerprint density at radius 1 is 0.359 bits per heavy atom. The van der Waals surface area contributed by atoms with Crippen molar-refractivity contribution in [1.29, 1.82) is 10.5 Å². The Kier molecular flexibility index (Phi) is 11.4. The highest BCUT2D eigenvalue weighted by atomic mass is 15.1. The molecule has 308 valence electrons. The van der Waals surface area contributed by atoms with Crippen LogP contribution in [0.4, 0.5) is 34.1 Å².